The molecule has 0 aliphatic rings. The van der Waals surface area contributed by atoms with Crippen molar-refractivity contribution >= 4 is 23.2 Å². The molecule has 1 aromatic carbocycles. The number of carbonyl (C=O) groups is 1. The van der Waals surface area contributed by atoms with Gasteiger partial charge in [0.05, 0.1) is 29.6 Å². The van der Waals surface area contributed by atoms with Crippen LogP contribution in [0.25, 0.3) is 0 Å². The molecule has 2 rings (SSSR count). The topological polar surface area (TPSA) is 51.2 Å². The minimum atomic E-state index is -0.289. The molecule has 0 bridgehead atoms. The molecule has 18 heavy (non-hydrogen) atoms. The first kappa shape index (κ1) is 12.4. The number of aromatic nitrogens is 1. The largest absolute Gasteiger partial charge is 0.496 e. The normalized spacial score (nSPS) is 9.89. The Morgan fingerprint density at radius 2 is 2.11 bits per heavy atom. The number of anilines is 1. The molecular formula is C13H11ClN2O2. The van der Waals surface area contributed by atoms with E-state index in [0.29, 0.717) is 22.0 Å². The zero-order valence-corrected chi connectivity index (χ0v) is 10.4. The molecule has 4 nitrogen and oxygen atoms in total. The Morgan fingerprint density at radius 3 is 2.83 bits per heavy atom. The van der Waals surface area contributed by atoms with Crippen LogP contribution < -0.4 is 10.1 Å². The molecule has 0 saturated carbocycles. The number of halogens is 1. The average Bonchev–Trinajstić information content (AvgIpc) is 2.41. The van der Waals surface area contributed by atoms with Gasteiger partial charge in [-0.05, 0) is 18.2 Å². The highest BCUT2D eigenvalue weighted by molar-refractivity contribution is 6.33. The van der Waals surface area contributed by atoms with Gasteiger partial charge >= 0.3 is 0 Å². The fourth-order valence-electron chi connectivity index (χ4n) is 1.49. The highest BCUT2D eigenvalue weighted by atomic mass is 35.5. The summed E-state index contributed by atoms with van der Waals surface area (Å²) in [6.07, 6.45) is 3.05. The Balaban J connectivity index is 2.25. The summed E-state index contributed by atoms with van der Waals surface area (Å²) in [4.78, 5) is 16.0. The van der Waals surface area contributed by atoms with Gasteiger partial charge in [0.25, 0.3) is 5.91 Å². The molecule has 0 radical (unpaired) electrons. The number of nitrogens with one attached hydrogen (secondary N) is 1. The molecule has 0 aliphatic carbocycles. The maximum absolute atomic E-state index is 12.1. The van der Waals surface area contributed by atoms with Crippen LogP contribution in [-0.2, 0) is 0 Å². The molecule has 0 aliphatic heterocycles. The molecule has 1 aromatic heterocycles. The highest BCUT2D eigenvalue weighted by Gasteiger charge is 2.12. The van der Waals surface area contributed by atoms with Crippen LogP contribution in [0.2, 0.25) is 5.02 Å². The van der Waals surface area contributed by atoms with Crippen molar-refractivity contribution in [1.29, 1.82) is 0 Å². The van der Waals surface area contributed by atoms with Crippen LogP contribution in [-0.4, -0.2) is 18.0 Å². The number of hydrogen-bond acceptors (Lipinski definition) is 3. The second-order valence-electron chi connectivity index (χ2n) is 3.51. The van der Waals surface area contributed by atoms with Crippen LogP contribution in [0.1, 0.15) is 10.4 Å². The number of benzene rings is 1. The van der Waals surface area contributed by atoms with Crippen molar-refractivity contribution in [3.05, 3.63) is 53.3 Å². The molecular weight excluding hydrogens is 252 g/mol. The summed E-state index contributed by atoms with van der Waals surface area (Å²) in [5.41, 5.74) is 0.912. The lowest BCUT2D eigenvalue weighted by Crippen LogP contribution is -2.13. The predicted octanol–water partition coefficient (Wildman–Crippen LogP) is 3.00. The number of amides is 1. The van der Waals surface area contributed by atoms with E-state index in [9.17, 15) is 4.79 Å². The van der Waals surface area contributed by atoms with Crippen molar-refractivity contribution in [2.24, 2.45) is 0 Å². The molecule has 0 fully saturated rings. The Bertz CT molecular complexity index is 572. The van der Waals surface area contributed by atoms with Crippen molar-refractivity contribution in [3.8, 4) is 5.75 Å². The van der Waals surface area contributed by atoms with E-state index >= 15 is 0 Å². The number of pyridine rings is 1. The zero-order chi connectivity index (χ0) is 13.0. The number of carbonyl (C=O) groups excluding carboxylic acids is 1. The third-order valence-electron chi connectivity index (χ3n) is 2.37. The monoisotopic (exact) mass is 262 g/mol. The van der Waals surface area contributed by atoms with Gasteiger partial charge in [-0.1, -0.05) is 23.7 Å². The van der Waals surface area contributed by atoms with E-state index in [2.05, 4.69) is 10.3 Å². The van der Waals surface area contributed by atoms with Gasteiger partial charge < -0.3 is 10.1 Å². The second-order valence-corrected chi connectivity index (χ2v) is 3.92. The summed E-state index contributed by atoms with van der Waals surface area (Å²) in [6, 6.07) is 8.58. The first-order valence-electron chi connectivity index (χ1n) is 5.26. The Labute approximate surface area is 110 Å². The summed E-state index contributed by atoms with van der Waals surface area (Å²) in [7, 11) is 1.52. The summed E-state index contributed by atoms with van der Waals surface area (Å²) < 4.78 is 5.12. The molecule has 1 N–H and O–H groups in total. The smallest absolute Gasteiger partial charge is 0.259 e. The van der Waals surface area contributed by atoms with E-state index in [1.54, 1.807) is 36.5 Å². The first-order chi connectivity index (χ1) is 8.72. The summed E-state index contributed by atoms with van der Waals surface area (Å²) in [5, 5.41) is 3.13. The van der Waals surface area contributed by atoms with E-state index in [1.165, 1.54) is 13.3 Å². The molecule has 0 saturated heterocycles. The van der Waals surface area contributed by atoms with Crippen LogP contribution in [0, 0.1) is 0 Å². The predicted molar refractivity (Wildman–Crippen MR) is 70.2 cm³/mol. The van der Waals surface area contributed by atoms with Gasteiger partial charge in [0.15, 0.2) is 0 Å². The standard InChI is InChI=1S/C13H11ClN2O2/c1-18-12-5-3-2-4-9(12)13(17)16-11-8-15-7-6-10(11)14/h2-8H,1H3,(H,16,17). The number of rotatable bonds is 3. The maximum atomic E-state index is 12.1. The molecule has 0 spiro atoms. The van der Waals surface area contributed by atoms with Gasteiger partial charge in [0.2, 0.25) is 0 Å². The Kier molecular flexibility index (Phi) is 3.79. The lowest BCUT2D eigenvalue weighted by Gasteiger charge is -2.09. The fourth-order valence-corrected chi connectivity index (χ4v) is 1.64. The van der Waals surface area contributed by atoms with E-state index in [0.717, 1.165) is 0 Å². The van der Waals surface area contributed by atoms with E-state index in [1.807, 2.05) is 0 Å². The van der Waals surface area contributed by atoms with Crippen LogP contribution >= 0.6 is 11.6 Å². The fraction of sp³-hybridized carbons (Fsp3) is 0.0769. The van der Waals surface area contributed by atoms with Crippen molar-refractivity contribution in [1.82, 2.24) is 4.98 Å². The van der Waals surface area contributed by atoms with Crippen LogP contribution in [0.4, 0.5) is 5.69 Å². The lowest BCUT2D eigenvalue weighted by atomic mass is 10.2. The van der Waals surface area contributed by atoms with Crippen molar-refractivity contribution in [2.45, 2.75) is 0 Å². The highest BCUT2D eigenvalue weighted by Crippen LogP contribution is 2.22. The number of para-hydroxylation sites is 1. The summed E-state index contributed by atoms with van der Waals surface area (Å²) in [5.74, 6) is 0.220. The van der Waals surface area contributed by atoms with Gasteiger partial charge in [-0.2, -0.15) is 0 Å². The Morgan fingerprint density at radius 1 is 1.33 bits per heavy atom. The third-order valence-corrected chi connectivity index (χ3v) is 2.70. The van der Waals surface area contributed by atoms with Crippen molar-refractivity contribution in [2.75, 3.05) is 12.4 Å². The number of methoxy groups -OCH3 is 1. The number of hydrogen-bond donors (Lipinski definition) is 1. The molecule has 92 valence electrons. The quantitative estimate of drug-likeness (QED) is 0.925. The van der Waals surface area contributed by atoms with Crippen molar-refractivity contribution < 1.29 is 9.53 Å². The summed E-state index contributed by atoms with van der Waals surface area (Å²) >= 11 is 5.94. The van der Waals surface area contributed by atoms with Crippen LogP contribution in [0.15, 0.2) is 42.7 Å². The minimum Gasteiger partial charge on any atom is -0.496 e. The third kappa shape index (κ3) is 2.60. The minimum absolute atomic E-state index is 0.289. The summed E-state index contributed by atoms with van der Waals surface area (Å²) in [6.45, 7) is 0. The van der Waals surface area contributed by atoms with E-state index < -0.39 is 0 Å². The molecule has 0 unspecified atom stereocenters. The van der Waals surface area contributed by atoms with Gasteiger partial charge in [-0.3, -0.25) is 9.78 Å². The second kappa shape index (κ2) is 5.51. The molecule has 0 atom stereocenters. The van der Waals surface area contributed by atoms with Crippen LogP contribution in [0.5, 0.6) is 5.75 Å². The molecule has 1 amide bonds. The SMILES string of the molecule is COc1ccccc1C(=O)Nc1cnccc1Cl. The van der Waals surface area contributed by atoms with Crippen molar-refractivity contribution in [3.63, 3.8) is 0 Å². The molecule has 5 heteroatoms. The van der Waals surface area contributed by atoms with Gasteiger partial charge in [-0.25, -0.2) is 0 Å². The van der Waals surface area contributed by atoms with Crippen LogP contribution in [0.3, 0.4) is 0 Å². The first-order valence-corrected chi connectivity index (χ1v) is 5.64. The molecule has 2 aromatic rings. The van der Waals surface area contributed by atoms with E-state index in [4.69, 9.17) is 16.3 Å². The van der Waals surface area contributed by atoms with Gasteiger partial charge in [-0.15, -0.1) is 0 Å². The zero-order valence-electron chi connectivity index (χ0n) is 9.68. The number of ether oxygens (including phenoxy) is 1. The average molecular weight is 263 g/mol. The van der Waals surface area contributed by atoms with Gasteiger partial charge in [0.1, 0.15) is 5.75 Å². The Hall–Kier alpha value is -2.07. The molecule has 1 heterocycles. The van der Waals surface area contributed by atoms with E-state index in [-0.39, 0.29) is 5.91 Å². The lowest BCUT2D eigenvalue weighted by molar-refractivity contribution is 0.102. The maximum Gasteiger partial charge on any atom is 0.259 e. The van der Waals surface area contributed by atoms with Gasteiger partial charge in [0, 0.05) is 6.20 Å². The number of nitrogens with zero attached hydrogens (tertiary/aromatic N) is 1.